The summed E-state index contributed by atoms with van der Waals surface area (Å²) in [6, 6.07) is 7.09. The van der Waals surface area contributed by atoms with Crippen LogP contribution >= 0.6 is 0 Å². The van der Waals surface area contributed by atoms with Crippen LogP contribution in [0.4, 0.5) is 5.69 Å². The molecular formula is C12H15NO3. The lowest BCUT2D eigenvalue weighted by atomic mass is 10.0. The van der Waals surface area contributed by atoms with Crippen LogP contribution in [0.25, 0.3) is 0 Å². The van der Waals surface area contributed by atoms with E-state index in [2.05, 4.69) is 5.32 Å². The minimum Gasteiger partial charge on any atom is -0.382 e. The molecule has 0 bridgehead atoms. The fourth-order valence-electron chi connectivity index (χ4n) is 1.19. The van der Waals surface area contributed by atoms with E-state index in [9.17, 15) is 14.7 Å². The van der Waals surface area contributed by atoms with E-state index in [-0.39, 0.29) is 0 Å². The Bertz CT molecular complexity index is 419. The zero-order valence-electron chi connectivity index (χ0n) is 9.57. The van der Waals surface area contributed by atoms with Crippen LogP contribution in [0.1, 0.15) is 19.4 Å². The highest BCUT2D eigenvalue weighted by Gasteiger charge is 2.30. The third-order valence-corrected chi connectivity index (χ3v) is 2.04. The van der Waals surface area contributed by atoms with Gasteiger partial charge in [0, 0.05) is 5.69 Å². The largest absolute Gasteiger partial charge is 0.382 e. The molecule has 1 aromatic carbocycles. The standard InChI is InChI=1S/C12H15NO3/c1-8-5-4-6-9(7-8)13-11(15)10(14)12(2,3)16/h4-7,16H,1-3H3,(H,13,15). The summed E-state index contributed by atoms with van der Waals surface area (Å²) in [4.78, 5) is 22.8. The summed E-state index contributed by atoms with van der Waals surface area (Å²) < 4.78 is 0. The highest BCUT2D eigenvalue weighted by atomic mass is 16.3. The smallest absolute Gasteiger partial charge is 0.294 e. The van der Waals surface area contributed by atoms with Crippen molar-refractivity contribution in [3.05, 3.63) is 29.8 Å². The number of hydrogen-bond acceptors (Lipinski definition) is 3. The monoisotopic (exact) mass is 221 g/mol. The molecule has 4 heteroatoms. The Labute approximate surface area is 94.3 Å². The molecule has 0 spiro atoms. The predicted octanol–water partition coefficient (Wildman–Crippen LogP) is 1.27. The highest BCUT2D eigenvalue weighted by Crippen LogP contribution is 2.11. The number of carbonyl (C=O) groups excluding carboxylic acids is 2. The van der Waals surface area contributed by atoms with Crippen LogP contribution in [0.2, 0.25) is 0 Å². The summed E-state index contributed by atoms with van der Waals surface area (Å²) >= 11 is 0. The fourth-order valence-corrected chi connectivity index (χ4v) is 1.19. The molecular weight excluding hydrogens is 206 g/mol. The first kappa shape index (κ1) is 12.4. The average Bonchev–Trinajstić information content (AvgIpc) is 2.15. The van der Waals surface area contributed by atoms with Crippen LogP contribution in [0.5, 0.6) is 0 Å². The molecule has 0 saturated carbocycles. The number of aliphatic hydroxyl groups is 1. The van der Waals surface area contributed by atoms with E-state index in [0.29, 0.717) is 5.69 Å². The topological polar surface area (TPSA) is 66.4 Å². The maximum Gasteiger partial charge on any atom is 0.294 e. The molecule has 0 heterocycles. The van der Waals surface area contributed by atoms with Crippen LogP contribution in [-0.4, -0.2) is 22.4 Å². The number of ketones is 1. The van der Waals surface area contributed by atoms with Gasteiger partial charge < -0.3 is 10.4 Å². The van der Waals surface area contributed by atoms with Gasteiger partial charge in [0.25, 0.3) is 11.7 Å². The van der Waals surface area contributed by atoms with Crippen LogP contribution < -0.4 is 5.32 Å². The Morgan fingerprint density at radius 2 is 1.94 bits per heavy atom. The zero-order chi connectivity index (χ0) is 12.3. The molecule has 0 fully saturated rings. The van der Waals surface area contributed by atoms with Gasteiger partial charge in [0.15, 0.2) is 0 Å². The Balaban J connectivity index is 2.76. The first-order chi connectivity index (χ1) is 7.30. The molecule has 1 rings (SSSR count). The number of amides is 1. The first-order valence-corrected chi connectivity index (χ1v) is 4.95. The van der Waals surface area contributed by atoms with Crippen molar-refractivity contribution in [2.45, 2.75) is 26.4 Å². The van der Waals surface area contributed by atoms with Crippen molar-refractivity contribution in [1.82, 2.24) is 0 Å². The van der Waals surface area contributed by atoms with E-state index >= 15 is 0 Å². The van der Waals surface area contributed by atoms with Crippen LogP contribution in [0.3, 0.4) is 0 Å². The minimum absolute atomic E-state index is 0.544. The van der Waals surface area contributed by atoms with Gasteiger partial charge in [0.2, 0.25) is 0 Å². The number of carbonyl (C=O) groups is 2. The number of rotatable bonds is 3. The molecule has 0 unspecified atom stereocenters. The molecule has 16 heavy (non-hydrogen) atoms. The lowest BCUT2D eigenvalue weighted by molar-refractivity contribution is -0.144. The number of nitrogens with one attached hydrogen (secondary N) is 1. The van der Waals surface area contributed by atoms with E-state index in [1.807, 2.05) is 13.0 Å². The van der Waals surface area contributed by atoms with Crippen molar-refractivity contribution in [3.8, 4) is 0 Å². The number of aryl methyl sites for hydroxylation is 1. The molecule has 1 amide bonds. The molecule has 0 aliphatic carbocycles. The van der Waals surface area contributed by atoms with E-state index in [0.717, 1.165) is 5.56 Å². The maximum atomic E-state index is 11.4. The van der Waals surface area contributed by atoms with Crippen molar-refractivity contribution in [3.63, 3.8) is 0 Å². The lowest BCUT2D eigenvalue weighted by Crippen LogP contribution is -2.40. The second kappa shape index (κ2) is 4.45. The molecule has 0 aliphatic rings. The molecule has 0 atom stereocenters. The molecule has 0 saturated heterocycles. The van der Waals surface area contributed by atoms with Crippen molar-refractivity contribution >= 4 is 17.4 Å². The lowest BCUT2D eigenvalue weighted by Gasteiger charge is -2.14. The van der Waals surface area contributed by atoms with Crippen molar-refractivity contribution < 1.29 is 14.7 Å². The summed E-state index contributed by atoms with van der Waals surface area (Å²) in [6.45, 7) is 4.45. The predicted molar refractivity (Wildman–Crippen MR) is 61.1 cm³/mol. The first-order valence-electron chi connectivity index (χ1n) is 4.95. The van der Waals surface area contributed by atoms with Gasteiger partial charge in [0.1, 0.15) is 5.60 Å². The molecule has 86 valence electrons. The normalized spacial score (nSPS) is 11.0. The number of benzene rings is 1. The van der Waals surface area contributed by atoms with E-state index in [1.165, 1.54) is 13.8 Å². The Hall–Kier alpha value is -1.68. The van der Waals surface area contributed by atoms with Crippen molar-refractivity contribution in [1.29, 1.82) is 0 Å². The van der Waals surface area contributed by atoms with Crippen LogP contribution in [0.15, 0.2) is 24.3 Å². The summed E-state index contributed by atoms with van der Waals surface area (Å²) in [7, 11) is 0. The molecule has 0 aliphatic heterocycles. The van der Waals surface area contributed by atoms with Gasteiger partial charge in [-0.05, 0) is 38.5 Å². The highest BCUT2D eigenvalue weighted by molar-refractivity contribution is 6.43. The third-order valence-electron chi connectivity index (χ3n) is 2.04. The molecule has 0 aromatic heterocycles. The van der Waals surface area contributed by atoms with Gasteiger partial charge >= 0.3 is 0 Å². The molecule has 2 N–H and O–H groups in total. The zero-order valence-corrected chi connectivity index (χ0v) is 9.57. The van der Waals surface area contributed by atoms with Gasteiger partial charge in [0.05, 0.1) is 0 Å². The van der Waals surface area contributed by atoms with Gasteiger partial charge in [-0.15, -0.1) is 0 Å². The Kier molecular flexibility index (Phi) is 3.44. The molecule has 1 aromatic rings. The summed E-state index contributed by atoms with van der Waals surface area (Å²) in [5, 5.41) is 11.8. The van der Waals surface area contributed by atoms with Gasteiger partial charge in [-0.25, -0.2) is 0 Å². The second-order valence-corrected chi connectivity index (χ2v) is 4.21. The third kappa shape index (κ3) is 3.17. The maximum absolute atomic E-state index is 11.4. The number of hydrogen-bond donors (Lipinski definition) is 2. The van der Waals surface area contributed by atoms with Crippen molar-refractivity contribution in [2.24, 2.45) is 0 Å². The van der Waals surface area contributed by atoms with E-state index in [4.69, 9.17) is 0 Å². The SMILES string of the molecule is Cc1cccc(NC(=O)C(=O)C(C)(C)O)c1. The van der Waals surface area contributed by atoms with Gasteiger partial charge in [-0.1, -0.05) is 12.1 Å². The van der Waals surface area contributed by atoms with Crippen LogP contribution in [-0.2, 0) is 9.59 Å². The van der Waals surface area contributed by atoms with Crippen molar-refractivity contribution in [2.75, 3.05) is 5.32 Å². The number of Topliss-reactive ketones (excluding diaryl/α,β-unsaturated/α-hetero) is 1. The van der Waals surface area contributed by atoms with Gasteiger partial charge in [-0.3, -0.25) is 9.59 Å². The summed E-state index contributed by atoms with van der Waals surface area (Å²) in [5.41, 5.74) is -0.121. The Morgan fingerprint density at radius 1 is 1.31 bits per heavy atom. The fraction of sp³-hybridized carbons (Fsp3) is 0.333. The quantitative estimate of drug-likeness (QED) is 0.755. The Morgan fingerprint density at radius 3 is 2.44 bits per heavy atom. The van der Waals surface area contributed by atoms with E-state index < -0.39 is 17.3 Å². The van der Waals surface area contributed by atoms with Crippen LogP contribution in [0, 0.1) is 6.92 Å². The second-order valence-electron chi connectivity index (χ2n) is 4.21. The molecule has 0 radical (unpaired) electrons. The van der Waals surface area contributed by atoms with E-state index in [1.54, 1.807) is 18.2 Å². The average molecular weight is 221 g/mol. The number of anilines is 1. The summed E-state index contributed by atoms with van der Waals surface area (Å²) in [5.74, 6) is -1.66. The minimum atomic E-state index is -1.64. The summed E-state index contributed by atoms with van der Waals surface area (Å²) in [6.07, 6.45) is 0. The molecule has 4 nitrogen and oxygen atoms in total. The van der Waals surface area contributed by atoms with Gasteiger partial charge in [-0.2, -0.15) is 0 Å².